The third-order valence-corrected chi connectivity index (χ3v) is 1.62. The van der Waals surface area contributed by atoms with Gasteiger partial charge in [-0.05, 0) is 30.2 Å². The lowest BCUT2D eigenvalue weighted by Gasteiger charge is -1.86. The molecule has 2 aromatic rings. The lowest BCUT2D eigenvalue weighted by atomic mass is 10.3. The van der Waals surface area contributed by atoms with E-state index in [1.54, 1.807) is 6.26 Å². The van der Waals surface area contributed by atoms with E-state index in [0.717, 1.165) is 5.56 Å². The van der Waals surface area contributed by atoms with Crippen LogP contribution in [0.2, 0.25) is 5.35 Å². The van der Waals surface area contributed by atoms with E-state index in [1.165, 1.54) is 0 Å². The molecule has 62 valence electrons. The molecule has 5 heteroatoms. The summed E-state index contributed by atoms with van der Waals surface area (Å²) in [4.78, 5) is 3.81. The molecule has 0 aromatic carbocycles. The molecule has 0 bridgehead atoms. The van der Waals surface area contributed by atoms with E-state index < -0.39 is 0 Å². The fraction of sp³-hybridized carbons (Fsp3) is 0.143. The van der Waals surface area contributed by atoms with Crippen LogP contribution in [0.4, 0.5) is 0 Å². The van der Waals surface area contributed by atoms with Gasteiger partial charge in [0.25, 0.3) is 0 Å². The van der Waals surface area contributed by atoms with E-state index >= 15 is 0 Å². The first-order chi connectivity index (χ1) is 5.77. The van der Waals surface area contributed by atoms with Crippen molar-refractivity contribution in [1.29, 1.82) is 0 Å². The summed E-state index contributed by atoms with van der Waals surface area (Å²) in [5.41, 5.74) is 0.951. The van der Waals surface area contributed by atoms with Gasteiger partial charge in [-0.1, -0.05) is 5.16 Å². The van der Waals surface area contributed by atoms with Crippen LogP contribution in [-0.2, 0) is 0 Å². The number of hydrogen-bond donors (Lipinski definition) is 0. The van der Waals surface area contributed by atoms with Gasteiger partial charge in [-0.15, -0.1) is 0 Å². The zero-order chi connectivity index (χ0) is 8.55. The number of aromatic nitrogens is 2. The first-order valence-electron chi connectivity index (χ1n) is 3.31. The monoisotopic (exact) mass is 184 g/mol. The van der Waals surface area contributed by atoms with Gasteiger partial charge in [0.15, 0.2) is 5.76 Å². The maximum Gasteiger partial charge on any atom is 0.320 e. The van der Waals surface area contributed by atoms with Crippen molar-refractivity contribution >= 4 is 11.6 Å². The molecule has 0 unspecified atom stereocenters. The molecular weight excluding hydrogens is 180 g/mol. The molecule has 2 rings (SSSR count). The predicted molar refractivity (Wildman–Crippen MR) is 41.7 cm³/mol. The largest absolute Gasteiger partial charge is 0.461 e. The minimum atomic E-state index is 0.0146. The molecule has 0 spiro atoms. The van der Waals surface area contributed by atoms with E-state index in [9.17, 15) is 0 Å². The third kappa shape index (κ3) is 1.10. The Morgan fingerprint density at radius 2 is 2.33 bits per heavy atom. The Labute approximate surface area is 73.1 Å². The van der Waals surface area contributed by atoms with Gasteiger partial charge in [0.1, 0.15) is 0 Å². The highest BCUT2D eigenvalue weighted by atomic mass is 35.5. The van der Waals surface area contributed by atoms with Gasteiger partial charge < -0.3 is 8.94 Å². The Morgan fingerprint density at radius 3 is 2.83 bits per heavy atom. The van der Waals surface area contributed by atoms with Crippen LogP contribution < -0.4 is 0 Å². The average molecular weight is 185 g/mol. The molecule has 0 N–H and O–H groups in total. The van der Waals surface area contributed by atoms with E-state index in [0.29, 0.717) is 11.6 Å². The summed E-state index contributed by atoms with van der Waals surface area (Å²) >= 11 is 5.45. The van der Waals surface area contributed by atoms with Gasteiger partial charge in [-0.25, -0.2) is 0 Å². The molecule has 0 atom stereocenters. The van der Waals surface area contributed by atoms with E-state index in [2.05, 4.69) is 14.7 Å². The maximum absolute atomic E-state index is 5.45. The van der Waals surface area contributed by atoms with Gasteiger partial charge in [0, 0.05) is 0 Å². The quantitative estimate of drug-likeness (QED) is 0.682. The van der Waals surface area contributed by atoms with Crippen LogP contribution in [0.5, 0.6) is 0 Å². The van der Waals surface area contributed by atoms with Crippen molar-refractivity contribution in [2.24, 2.45) is 0 Å². The molecule has 0 saturated carbocycles. The lowest BCUT2D eigenvalue weighted by Crippen LogP contribution is -1.78. The van der Waals surface area contributed by atoms with Crippen LogP contribution >= 0.6 is 11.6 Å². The van der Waals surface area contributed by atoms with Gasteiger partial charge >= 0.3 is 5.35 Å². The Balaban J connectivity index is 2.50. The van der Waals surface area contributed by atoms with Gasteiger partial charge in [0.2, 0.25) is 5.82 Å². The van der Waals surface area contributed by atoms with Crippen molar-refractivity contribution in [3.63, 3.8) is 0 Å². The van der Waals surface area contributed by atoms with Crippen LogP contribution in [0.3, 0.4) is 0 Å². The predicted octanol–water partition coefficient (Wildman–Crippen LogP) is 2.29. The van der Waals surface area contributed by atoms with Crippen molar-refractivity contribution < 1.29 is 8.94 Å². The molecule has 0 aliphatic carbocycles. The molecule has 0 saturated heterocycles. The highest BCUT2D eigenvalue weighted by Crippen LogP contribution is 2.21. The Bertz CT molecular complexity index is 394. The van der Waals surface area contributed by atoms with Crippen LogP contribution in [0.15, 0.2) is 21.3 Å². The summed E-state index contributed by atoms with van der Waals surface area (Å²) in [6.45, 7) is 1.89. The topological polar surface area (TPSA) is 52.1 Å². The summed E-state index contributed by atoms with van der Waals surface area (Å²) in [6, 6.07) is 1.82. The van der Waals surface area contributed by atoms with Crippen molar-refractivity contribution in [3.05, 3.63) is 23.2 Å². The molecule has 0 aliphatic rings. The second kappa shape index (κ2) is 2.64. The van der Waals surface area contributed by atoms with Crippen molar-refractivity contribution in [2.45, 2.75) is 6.92 Å². The van der Waals surface area contributed by atoms with Gasteiger partial charge in [-0.2, -0.15) is 4.98 Å². The third-order valence-electron chi connectivity index (χ3n) is 1.47. The first kappa shape index (κ1) is 7.36. The standard InChI is InChI=1S/C7H5ClN2O2/c1-4-2-3-11-5(4)6-9-7(8)12-10-6/h2-3H,1H3. The number of halogens is 1. The van der Waals surface area contributed by atoms with E-state index in [4.69, 9.17) is 16.0 Å². The molecule has 2 heterocycles. The van der Waals surface area contributed by atoms with Crippen molar-refractivity contribution in [1.82, 2.24) is 10.1 Å². The fourth-order valence-corrected chi connectivity index (χ4v) is 1.01. The van der Waals surface area contributed by atoms with Crippen LogP contribution in [0, 0.1) is 6.92 Å². The molecule has 0 amide bonds. The second-order valence-corrected chi connectivity index (χ2v) is 2.63. The highest BCUT2D eigenvalue weighted by molar-refractivity contribution is 6.27. The highest BCUT2D eigenvalue weighted by Gasteiger charge is 2.11. The number of rotatable bonds is 1. The maximum atomic E-state index is 5.45. The number of furan rings is 1. The van der Waals surface area contributed by atoms with E-state index in [-0.39, 0.29) is 5.35 Å². The van der Waals surface area contributed by atoms with Crippen LogP contribution in [0.25, 0.3) is 11.6 Å². The van der Waals surface area contributed by atoms with Gasteiger partial charge in [0.05, 0.1) is 6.26 Å². The van der Waals surface area contributed by atoms with Crippen LogP contribution in [0.1, 0.15) is 5.56 Å². The Morgan fingerprint density at radius 1 is 1.50 bits per heavy atom. The van der Waals surface area contributed by atoms with Gasteiger partial charge in [-0.3, -0.25) is 0 Å². The smallest absolute Gasteiger partial charge is 0.320 e. The van der Waals surface area contributed by atoms with Crippen molar-refractivity contribution in [2.75, 3.05) is 0 Å². The first-order valence-corrected chi connectivity index (χ1v) is 3.69. The summed E-state index contributed by atoms with van der Waals surface area (Å²) in [5.74, 6) is 0.966. The van der Waals surface area contributed by atoms with E-state index in [1.807, 2.05) is 13.0 Å². The zero-order valence-corrected chi connectivity index (χ0v) is 7.00. The number of hydrogen-bond acceptors (Lipinski definition) is 4. The zero-order valence-electron chi connectivity index (χ0n) is 6.24. The Hall–Kier alpha value is -1.29. The Kier molecular flexibility index (Phi) is 1.62. The SMILES string of the molecule is Cc1ccoc1-c1noc(Cl)n1. The van der Waals surface area contributed by atoms with Crippen LogP contribution in [-0.4, -0.2) is 10.1 Å². The minimum Gasteiger partial charge on any atom is -0.461 e. The number of aryl methyl sites for hydroxylation is 1. The molecule has 12 heavy (non-hydrogen) atoms. The summed E-state index contributed by atoms with van der Waals surface area (Å²) in [7, 11) is 0. The minimum absolute atomic E-state index is 0.0146. The molecule has 0 radical (unpaired) electrons. The summed E-state index contributed by atoms with van der Waals surface area (Å²) in [6.07, 6.45) is 1.56. The molecular formula is C7H5ClN2O2. The average Bonchev–Trinajstić information content (AvgIpc) is 2.58. The van der Waals surface area contributed by atoms with Crippen molar-refractivity contribution in [3.8, 4) is 11.6 Å². The number of nitrogens with zero attached hydrogens (tertiary/aromatic N) is 2. The summed E-state index contributed by atoms with van der Waals surface area (Å²) < 4.78 is 9.71. The summed E-state index contributed by atoms with van der Waals surface area (Å²) in [5, 5.41) is 3.62. The fourth-order valence-electron chi connectivity index (χ4n) is 0.899. The normalized spacial score (nSPS) is 10.5. The lowest BCUT2D eigenvalue weighted by molar-refractivity contribution is 0.418. The molecule has 4 nitrogen and oxygen atoms in total. The molecule has 0 aliphatic heterocycles. The molecule has 2 aromatic heterocycles. The molecule has 0 fully saturated rings. The second-order valence-electron chi connectivity index (χ2n) is 2.30.